The first-order valence-electron chi connectivity index (χ1n) is 6.46. The van der Waals surface area contributed by atoms with Gasteiger partial charge in [-0.25, -0.2) is 0 Å². The van der Waals surface area contributed by atoms with E-state index >= 15 is 0 Å². The van der Waals surface area contributed by atoms with Crippen molar-refractivity contribution in [2.45, 2.75) is 38.4 Å². The summed E-state index contributed by atoms with van der Waals surface area (Å²) in [5, 5.41) is 1.76. The maximum Gasteiger partial charge on any atom is 0.407 e. The van der Waals surface area contributed by atoms with E-state index in [1.165, 1.54) is 6.07 Å². The topological polar surface area (TPSA) is 26.0 Å². The van der Waals surface area contributed by atoms with Crippen molar-refractivity contribution in [1.29, 1.82) is 0 Å². The Balaban J connectivity index is 2.71. The monoisotopic (exact) mass is 281 g/mol. The first-order chi connectivity index (χ1) is 9.10. The molecule has 2 rings (SSSR count). The average molecular weight is 281 g/mol. The molecule has 1 atom stereocenters. The van der Waals surface area contributed by atoms with Crippen LogP contribution in [0.1, 0.15) is 37.9 Å². The highest BCUT2D eigenvalue weighted by Gasteiger charge is 2.38. The number of halogens is 3. The molecule has 0 aliphatic heterocycles. The predicted octanol–water partition coefficient (Wildman–Crippen LogP) is 4.70. The average Bonchev–Trinajstić information content (AvgIpc) is 2.34. The van der Waals surface area contributed by atoms with Gasteiger partial charge in [-0.15, -0.1) is 0 Å². The maximum atomic E-state index is 12.8. The summed E-state index contributed by atoms with van der Waals surface area (Å²) in [4.78, 5) is 0. The van der Waals surface area contributed by atoms with Crippen LogP contribution in [0.4, 0.5) is 13.2 Å². The van der Waals surface area contributed by atoms with Gasteiger partial charge in [0.05, 0.1) is 0 Å². The van der Waals surface area contributed by atoms with Gasteiger partial charge in [0.2, 0.25) is 0 Å². The van der Waals surface area contributed by atoms with Crippen LogP contribution in [0.25, 0.3) is 10.8 Å². The van der Waals surface area contributed by atoms with Gasteiger partial charge in [-0.1, -0.05) is 51.1 Å². The quantitative estimate of drug-likeness (QED) is 0.805. The van der Waals surface area contributed by atoms with Crippen LogP contribution in [-0.2, 0) is 5.41 Å². The van der Waals surface area contributed by atoms with Gasteiger partial charge in [-0.05, 0) is 33.4 Å². The number of hydrogen-bond donors (Lipinski definition) is 1. The predicted molar refractivity (Wildman–Crippen MR) is 75.6 cm³/mol. The number of alkyl halides is 3. The van der Waals surface area contributed by atoms with Crippen LogP contribution in [0.5, 0.6) is 0 Å². The van der Waals surface area contributed by atoms with Crippen molar-refractivity contribution in [2.75, 3.05) is 0 Å². The molecule has 0 aliphatic carbocycles. The van der Waals surface area contributed by atoms with Gasteiger partial charge in [0, 0.05) is 0 Å². The normalized spacial score (nSPS) is 14.6. The second-order valence-corrected chi connectivity index (χ2v) is 6.06. The summed E-state index contributed by atoms with van der Waals surface area (Å²) in [6, 6.07) is 8.62. The van der Waals surface area contributed by atoms with Gasteiger partial charge in [-0.2, -0.15) is 13.2 Å². The van der Waals surface area contributed by atoms with Crippen LogP contribution in [-0.4, -0.2) is 6.18 Å². The molecule has 0 radical (unpaired) electrons. The van der Waals surface area contributed by atoms with Gasteiger partial charge in [0.1, 0.15) is 6.04 Å². The zero-order chi connectivity index (χ0) is 15.1. The van der Waals surface area contributed by atoms with E-state index in [9.17, 15) is 13.2 Å². The van der Waals surface area contributed by atoms with Gasteiger partial charge < -0.3 is 5.73 Å². The standard InChI is InChI=1S/C16H18F3N/c1-15(2,3)13-9-11(14(20)16(17,18)19)8-10-6-4-5-7-12(10)13/h4-9,14H,20H2,1-3H3/t14-/m0/s1. The molecule has 0 saturated heterocycles. The van der Waals surface area contributed by atoms with Gasteiger partial charge >= 0.3 is 6.18 Å². The van der Waals surface area contributed by atoms with E-state index in [-0.39, 0.29) is 11.0 Å². The minimum absolute atomic E-state index is 0.112. The van der Waals surface area contributed by atoms with Gasteiger partial charge in [0.15, 0.2) is 0 Å². The van der Waals surface area contributed by atoms with Crippen LogP contribution in [0.3, 0.4) is 0 Å². The molecule has 20 heavy (non-hydrogen) atoms. The Labute approximate surface area is 116 Å². The number of fused-ring (bicyclic) bond motifs is 1. The van der Waals surface area contributed by atoms with E-state index in [0.29, 0.717) is 0 Å². The highest BCUT2D eigenvalue weighted by atomic mass is 19.4. The lowest BCUT2D eigenvalue weighted by molar-refractivity contribution is -0.149. The first kappa shape index (κ1) is 14.9. The highest BCUT2D eigenvalue weighted by molar-refractivity contribution is 5.87. The highest BCUT2D eigenvalue weighted by Crippen LogP contribution is 2.36. The number of nitrogens with two attached hydrogens (primary N) is 1. The molecule has 0 aromatic heterocycles. The Hall–Kier alpha value is -1.55. The summed E-state index contributed by atoms with van der Waals surface area (Å²) >= 11 is 0. The summed E-state index contributed by atoms with van der Waals surface area (Å²) in [6.07, 6.45) is -4.43. The fourth-order valence-corrected chi connectivity index (χ4v) is 2.32. The Morgan fingerprint density at radius 1 is 1.00 bits per heavy atom. The van der Waals surface area contributed by atoms with E-state index in [4.69, 9.17) is 5.73 Å². The Morgan fingerprint density at radius 2 is 1.60 bits per heavy atom. The Morgan fingerprint density at radius 3 is 2.15 bits per heavy atom. The molecular weight excluding hydrogens is 263 g/mol. The molecular formula is C16H18F3N. The molecule has 0 spiro atoms. The van der Waals surface area contributed by atoms with Crippen LogP contribution < -0.4 is 5.73 Å². The number of rotatable bonds is 1. The zero-order valence-electron chi connectivity index (χ0n) is 11.8. The second-order valence-electron chi connectivity index (χ2n) is 6.06. The van der Waals surface area contributed by atoms with Crippen molar-refractivity contribution in [3.63, 3.8) is 0 Å². The lowest BCUT2D eigenvalue weighted by Gasteiger charge is -2.25. The molecule has 1 nitrogen and oxygen atoms in total. The van der Waals surface area contributed by atoms with Crippen LogP contribution in [0.2, 0.25) is 0 Å². The summed E-state index contributed by atoms with van der Waals surface area (Å²) in [5.74, 6) is 0. The lowest BCUT2D eigenvalue weighted by Crippen LogP contribution is -2.29. The number of benzene rings is 2. The molecule has 2 aromatic carbocycles. The minimum atomic E-state index is -4.43. The summed E-state index contributed by atoms with van der Waals surface area (Å²) in [6.45, 7) is 5.95. The van der Waals surface area contributed by atoms with Crippen molar-refractivity contribution < 1.29 is 13.2 Å². The van der Waals surface area contributed by atoms with Crippen molar-refractivity contribution in [3.05, 3.63) is 47.5 Å². The van der Waals surface area contributed by atoms with E-state index in [0.717, 1.165) is 16.3 Å². The maximum absolute atomic E-state index is 12.8. The largest absolute Gasteiger partial charge is 0.407 e. The Kier molecular flexibility index (Phi) is 3.54. The van der Waals surface area contributed by atoms with Crippen molar-refractivity contribution in [1.82, 2.24) is 0 Å². The smallest absolute Gasteiger partial charge is 0.316 e. The summed E-state index contributed by atoms with van der Waals surface area (Å²) in [5.41, 5.74) is 6.09. The van der Waals surface area contributed by atoms with Crippen molar-refractivity contribution in [2.24, 2.45) is 5.73 Å². The van der Waals surface area contributed by atoms with E-state index in [1.807, 2.05) is 45.0 Å². The van der Waals surface area contributed by atoms with Crippen LogP contribution in [0.15, 0.2) is 36.4 Å². The third-order valence-corrected chi connectivity index (χ3v) is 3.40. The molecule has 0 saturated carbocycles. The molecule has 2 N–H and O–H groups in total. The van der Waals surface area contributed by atoms with Gasteiger partial charge in [-0.3, -0.25) is 0 Å². The molecule has 0 amide bonds. The van der Waals surface area contributed by atoms with Gasteiger partial charge in [0.25, 0.3) is 0 Å². The van der Waals surface area contributed by atoms with E-state index < -0.39 is 12.2 Å². The lowest BCUT2D eigenvalue weighted by atomic mass is 9.82. The molecule has 0 heterocycles. The van der Waals surface area contributed by atoms with Crippen molar-refractivity contribution in [3.8, 4) is 0 Å². The SMILES string of the molecule is CC(C)(C)c1cc([C@H](N)C(F)(F)F)cc2ccccc12. The first-order valence-corrected chi connectivity index (χ1v) is 6.46. The molecule has 0 aliphatic rings. The molecule has 4 heteroatoms. The summed E-state index contributed by atoms with van der Waals surface area (Å²) in [7, 11) is 0. The third kappa shape index (κ3) is 2.80. The third-order valence-electron chi connectivity index (χ3n) is 3.40. The Bertz CT molecular complexity index is 624. The van der Waals surface area contributed by atoms with E-state index in [1.54, 1.807) is 6.07 Å². The molecule has 0 fully saturated rings. The minimum Gasteiger partial charge on any atom is -0.316 e. The fourth-order valence-electron chi connectivity index (χ4n) is 2.32. The molecule has 0 unspecified atom stereocenters. The number of hydrogen-bond acceptors (Lipinski definition) is 1. The molecule has 0 bridgehead atoms. The summed E-state index contributed by atoms with van der Waals surface area (Å²) < 4.78 is 38.5. The van der Waals surface area contributed by atoms with Crippen molar-refractivity contribution >= 4 is 10.8 Å². The second kappa shape index (κ2) is 4.77. The van der Waals surface area contributed by atoms with Crippen LogP contribution >= 0.6 is 0 Å². The van der Waals surface area contributed by atoms with E-state index in [2.05, 4.69) is 0 Å². The van der Waals surface area contributed by atoms with Crippen LogP contribution in [0, 0.1) is 0 Å². The molecule has 2 aromatic rings. The fraction of sp³-hybridized carbons (Fsp3) is 0.375. The zero-order valence-corrected chi connectivity index (χ0v) is 11.8. The molecule has 108 valence electrons.